The maximum Gasteiger partial charge on any atom is 0.255 e. The molecular formula is C21H20ClN3O2. The van der Waals surface area contributed by atoms with Crippen LogP contribution >= 0.6 is 11.6 Å². The topological polar surface area (TPSA) is 54.5 Å². The van der Waals surface area contributed by atoms with Crippen LogP contribution in [0.15, 0.2) is 67.0 Å². The zero-order valence-corrected chi connectivity index (χ0v) is 15.9. The molecular weight excluding hydrogens is 362 g/mol. The number of carbonyl (C=O) groups excluding carboxylic acids is 1. The minimum absolute atomic E-state index is 0.104. The highest BCUT2D eigenvalue weighted by molar-refractivity contribution is 6.31. The number of anilines is 2. The Labute approximate surface area is 163 Å². The summed E-state index contributed by atoms with van der Waals surface area (Å²) in [6.45, 7) is 0.527. The fraction of sp³-hybridized carbons (Fsp3) is 0.143. The van der Waals surface area contributed by atoms with Gasteiger partial charge in [0.2, 0.25) is 0 Å². The molecule has 0 spiro atoms. The SMILES string of the molecule is COc1ccc(Cl)cc1Nc1cncc(C(=O)N(C)Cc2ccccc2)c1. The van der Waals surface area contributed by atoms with Crippen molar-refractivity contribution in [1.29, 1.82) is 0 Å². The number of halogens is 1. The van der Waals surface area contributed by atoms with Crippen molar-refractivity contribution >= 4 is 28.9 Å². The van der Waals surface area contributed by atoms with Gasteiger partial charge in [-0.3, -0.25) is 9.78 Å². The number of pyridine rings is 1. The summed E-state index contributed by atoms with van der Waals surface area (Å²) in [6, 6.07) is 16.9. The molecule has 1 aromatic heterocycles. The normalized spacial score (nSPS) is 10.3. The second kappa shape index (κ2) is 8.56. The Hall–Kier alpha value is -3.05. The van der Waals surface area contributed by atoms with Crippen LogP contribution in [0, 0.1) is 0 Å². The van der Waals surface area contributed by atoms with Gasteiger partial charge in [-0.2, -0.15) is 0 Å². The van der Waals surface area contributed by atoms with Gasteiger partial charge in [-0.25, -0.2) is 0 Å². The molecule has 3 rings (SSSR count). The largest absolute Gasteiger partial charge is 0.495 e. The van der Waals surface area contributed by atoms with Gasteiger partial charge >= 0.3 is 0 Å². The van der Waals surface area contributed by atoms with Crippen LogP contribution in [-0.2, 0) is 6.54 Å². The highest BCUT2D eigenvalue weighted by Crippen LogP contribution is 2.30. The van der Waals surface area contributed by atoms with Crippen LogP contribution in [0.1, 0.15) is 15.9 Å². The van der Waals surface area contributed by atoms with E-state index in [4.69, 9.17) is 16.3 Å². The molecule has 0 aliphatic heterocycles. The third-order valence-corrected chi connectivity index (χ3v) is 4.27. The van der Waals surface area contributed by atoms with E-state index in [9.17, 15) is 4.79 Å². The molecule has 3 aromatic rings. The number of amides is 1. The summed E-state index contributed by atoms with van der Waals surface area (Å²) in [7, 11) is 3.36. The molecule has 0 radical (unpaired) electrons. The number of nitrogens with one attached hydrogen (secondary N) is 1. The van der Waals surface area contributed by atoms with E-state index in [0.29, 0.717) is 34.3 Å². The van der Waals surface area contributed by atoms with Crippen LogP contribution in [0.2, 0.25) is 5.02 Å². The average molecular weight is 382 g/mol. The van der Waals surface area contributed by atoms with Gasteiger partial charge in [0.1, 0.15) is 5.75 Å². The molecule has 1 N–H and O–H groups in total. The van der Waals surface area contributed by atoms with E-state index < -0.39 is 0 Å². The van der Waals surface area contributed by atoms with Crippen molar-refractivity contribution in [2.75, 3.05) is 19.5 Å². The van der Waals surface area contributed by atoms with Gasteiger partial charge in [-0.05, 0) is 29.8 Å². The van der Waals surface area contributed by atoms with Gasteiger partial charge in [-0.1, -0.05) is 41.9 Å². The van der Waals surface area contributed by atoms with Gasteiger partial charge in [0, 0.05) is 24.8 Å². The van der Waals surface area contributed by atoms with E-state index in [-0.39, 0.29) is 5.91 Å². The first-order chi connectivity index (χ1) is 13.1. The Bertz CT molecular complexity index is 932. The standard InChI is InChI=1S/C21H20ClN3O2/c1-25(14-15-6-4-3-5-7-15)21(26)16-10-18(13-23-12-16)24-19-11-17(22)8-9-20(19)27-2/h3-13,24H,14H2,1-2H3. The minimum Gasteiger partial charge on any atom is -0.495 e. The van der Waals surface area contributed by atoms with Crippen LogP contribution in [0.3, 0.4) is 0 Å². The lowest BCUT2D eigenvalue weighted by molar-refractivity contribution is 0.0784. The lowest BCUT2D eigenvalue weighted by Crippen LogP contribution is -2.26. The predicted octanol–water partition coefficient (Wildman–Crippen LogP) is 4.76. The van der Waals surface area contributed by atoms with Crippen molar-refractivity contribution in [1.82, 2.24) is 9.88 Å². The summed E-state index contributed by atoms with van der Waals surface area (Å²) in [6.07, 6.45) is 3.21. The number of methoxy groups -OCH3 is 1. The zero-order valence-electron chi connectivity index (χ0n) is 15.1. The number of benzene rings is 2. The molecule has 0 aliphatic carbocycles. The number of rotatable bonds is 6. The molecule has 0 saturated heterocycles. The van der Waals surface area contributed by atoms with Gasteiger partial charge in [0.05, 0.1) is 30.2 Å². The lowest BCUT2D eigenvalue weighted by Gasteiger charge is -2.18. The van der Waals surface area contributed by atoms with Crippen LogP contribution in [0.25, 0.3) is 0 Å². The molecule has 27 heavy (non-hydrogen) atoms. The molecule has 138 valence electrons. The summed E-state index contributed by atoms with van der Waals surface area (Å²) < 4.78 is 5.34. The summed E-state index contributed by atoms with van der Waals surface area (Å²) in [5.74, 6) is 0.547. The van der Waals surface area contributed by atoms with Gasteiger partial charge in [-0.15, -0.1) is 0 Å². The Kier molecular flexibility index (Phi) is 5.94. The van der Waals surface area contributed by atoms with E-state index in [2.05, 4.69) is 10.3 Å². The number of carbonyl (C=O) groups is 1. The van der Waals surface area contributed by atoms with Crippen molar-refractivity contribution in [3.8, 4) is 5.75 Å². The van der Waals surface area contributed by atoms with Crippen LogP contribution in [-0.4, -0.2) is 29.9 Å². The molecule has 0 unspecified atom stereocenters. The smallest absolute Gasteiger partial charge is 0.255 e. The molecule has 0 fully saturated rings. The van der Waals surface area contributed by atoms with Crippen molar-refractivity contribution in [3.63, 3.8) is 0 Å². The number of aromatic nitrogens is 1. The minimum atomic E-state index is -0.104. The van der Waals surface area contributed by atoms with E-state index in [1.165, 1.54) is 0 Å². The first-order valence-corrected chi connectivity index (χ1v) is 8.79. The van der Waals surface area contributed by atoms with Crippen molar-refractivity contribution < 1.29 is 9.53 Å². The lowest BCUT2D eigenvalue weighted by atomic mass is 10.2. The van der Waals surface area contributed by atoms with Crippen molar-refractivity contribution in [2.24, 2.45) is 0 Å². The fourth-order valence-electron chi connectivity index (χ4n) is 2.71. The first-order valence-electron chi connectivity index (χ1n) is 8.42. The molecule has 0 bridgehead atoms. The molecule has 6 heteroatoms. The average Bonchev–Trinajstić information content (AvgIpc) is 2.68. The second-order valence-electron chi connectivity index (χ2n) is 6.08. The maximum absolute atomic E-state index is 12.7. The Morgan fingerprint density at radius 3 is 2.67 bits per heavy atom. The Morgan fingerprint density at radius 1 is 1.15 bits per heavy atom. The van der Waals surface area contributed by atoms with Gasteiger partial charge in [0.15, 0.2) is 0 Å². The molecule has 0 atom stereocenters. The van der Waals surface area contributed by atoms with Crippen LogP contribution in [0.5, 0.6) is 5.75 Å². The molecule has 1 heterocycles. The van der Waals surface area contributed by atoms with E-state index in [0.717, 1.165) is 5.56 Å². The molecule has 0 saturated carbocycles. The number of ether oxygens (including phenoxy) is 1. The Balaban J connectivity index is 1.77. The van der Waals surface area contributed by atoms with Crippen molar-refractivity contribution in [2.45, 2.75) is 6.54 Å². The van der Waals surface area contributed by atoms with Gasteiger partial charge < -0.3 is 15.0 Å². The number of hydrogen-bond donors (Lipinski definition) is 1. The zero-order chi connectivity index (χ0) is 19.2. The second-order valence-corrected chi connectivity index (χ2v) is 6.52. The molecule has 1 amide bonds. The highest BCUT2D eigenvalue weighted by atomic mass is 35.5. The number of nitrogens with zero attached hydrogens (tertiary/aromatic N) is 2. The first kappa shape index (κ1) is 18.7. The fourth-order valence-corrected chi connectivity index (χ4v) is 2.88. The van der Waals surface area contributed by atoms with Gasteiger partial charge in [0.25, 0.3) is 5.91 Å². The van der Waals surface area contributed by atoms with Crippen LogP contribution < -0.4 is 10.1 Å². The van der Waals surface area contributed by atoms with Crippen LogP contribution in [0.4, 0.5) is 11.4 Å². The van der Waals surface area contributed by atoms with Crippen molar-refractivity contribution in [3.05, 3.63) is 83.1 Å². The molecule has 0 aliphatic rings. The summed E-state index contributed by atoms with van der Waals surface area (Å²) >= 11 is 6.07. The summed E-state index contributed by atoms with van der Waals surface area (Å²) in [5.41, 5.74) is 2.95. The Morgan fingerprint density at radius 2 is 1.93 bits per heavy atom. The van der Waals surface area contributed by atoms with E-state index >= 15 is 0 Å². The molecule has 5 nitrogen and oxygen atoms in total. The summed E-state index contributed by atoms with van der Waals surface area (Å²) in [5, 5.41) is 3.79. The summed E-state index contributed by atoms with van der Waals surface area (Å²) in [4.78, 5) is 18.6. The third kappa shape index (κ3) is 4.77. The molecule has 2 aromatic carbocycles. The third-order valence-electron chi connectivity index (χ3n) is 4.03. The predicted molar refractivity (Wildman–Crippen MR) is 108 cm³/mol. The number of hydrogen-bond acceptors (Lipinski definition) is 4. The van der Waals surface area contributed by atoms with E-state index in [1.807, 2.05) is 30.3 Å². The quantitative estimate of drug-likeness (QED) is 0.668. The maximum atomic E-state index is 12.7. The monoisotopic (exact) mass is 381 g/mol. The highest BCUT2D eigenvalue weighted by Gasteiger charge is 2.14. The van der Waals surface area contributed by atoms with E-state index in [1.54, 1.807) is 55.7 Å².